The van der Waals surface area contributed by atoms with E-state index in [1.165, 1.54) is 0 Å². The Balaban J connectivity index is 0. The normalized spacial score (nSPS) is 0. The first-order valence-electron chi connectivity index (χ1n) is 0. The van der Waals surface area contributed by atoms with Crippen molar-refractivity contribution in [2.75, 3.05) is 0 Å². The van der Waals surface area contributed by atoms with Crippen LogP contribution >= 0.6 is 0 Å². The van der Waals surface area contributed by atoms with Gasteiger partial charge >= 0.3 is 0 Å². The van der Waals surface area contributed by atoms with Gasteiger partial charge in [0, 0.05) is 92.0 Å². The third-order valence-corrected chi connectivity index (χ3v) is 0. The molecular formula is NbTaWZr. The minimum Gasteiger partial charge on any atom is 0 e. The van der Waals surface area contributed by atoms with E-state index < -0.39 is 0 Å². The molecule has 0 N–H and O–H groups in total. The third-order valence-electron chi connectivity index (χ3n) is 0. The van der Waals surface area contributed by atoms with E-state index in [4.69, 9.17) is 0 Å². The summed E-state index contributed by atoms with van der Waals surface area (Å²) in [5.74, 6) is 0. The minimum absolute atomic E-state index is 0. The van der Waals surface area contributed by atoms with Crippen molar-refractivity contribution >= 4 is 0 Å². The monoisotopic (exact) mass is 548 g/mol. The molecule has 0 aliphatic carbocycles. The van der Waals surface area contributed by atoms with Gasteiger partial charge in [-0.2, -0.15) is 0 Å². The van der Waals surface area contributed by atoms with Gasteiger partial charge in [0.1, 0.15) is 0 Å². The van der Waals surface area contributed by atoms with Gasteiger partial charge in [0.25, 0.3) is 0 Å². The van der Waals surface area contributed by atoms with Gasteiger partial charge < -0.3 is 0 Å². The Morgan fingerprint density at radius 1 is 1.00 bits per heavy atom. The van der Waals surface area contributed by atoms with Crippen molar-refractivity contribution in [2.45, 2.75) is 0 Å². The molecule has 0 fully saturated rings. The van der Waals surface area contributed by atoms with Gasteiger partial charge in [-0.1, -0.05) is 0 Å². The molecule has 4 heteroatoms. The molecule has 0 unspecified atom stereocenters. The van der Waals surface area contributed by atoms with E-state index in [0.29, 0.717) is 0 Å². The summed E-state index contributed by atoms with van der Waals surface area (Å²) in [6.45, 7) is 0. The van der Waals surface area contributed by atoms with Gasteiger partial charge in [0.15, 0.2) is 0 Å². The molecular weight excluding hydrogens is 549 g/mol. The molecule has 20 valence electrons. The van der Waals surface area contributed by atoms with Crippen LogP contribution in [-0.4, -0.2) is 0 Å². The molecule has 0 spiro atoms. The van der Waals surface area contributed by atoms with Crippen LogP contribution in [0.3, 0.4) is 0 Å². The molecule has 0 atom stereocenters. The van der Waals surface area contributed by atoms with Gasteiger partial charge in [0.05, 0.1) is 0 Å². The Hall–Kier alpha value is 3.05. The molecule has 4 heavy (non-hydrogen) atoms. The van der Waals surface area contributed by atoms with E-state index in [-0.39, 0.29) is 92.0 Å². The second kappa shape index (κ2) is 16.6. The van der Waals surface area contributed by atoms with Crippen LogP contribution in [0, 0.1) is 0 Å². The van der Waals surface area contributed by atoms with E-state index in [1.807, 2.05) is 0 Å². The fourth-order valence-corrected chi connectivity index (χ4v) is 0. The van der Waals surface area contributed by atoms with Crippen molar-refractivity contribution in [3.63, 3.8) is 0 Å². The zero-order valence-corrected chi connectivity index (χ0v) is 12.6. The van der Waals surface area contributed by atoms with Crippen LogP contribution < -0.4 is 0 Å². The van der Waals surface area contributed by atoms with Gasteiger partial charge in [-0.05, 0) is 0 Å². The molecule has 0 aromatic rings. The van der Waals surface area contributed by atoms with E-state index in [9.17, 15) is 0 Å². The van der Waals surface area contributed by atoms with E-state index in [1.54, 1.807) is 0 Å². The Morgan fingerprint density at radius 2 is 1.00 bits per heavy atom. The van der Waals surface area contributed by atoms with Gasteiger partial charge in [-0.15, -0.1) is 0 Å². The van der Waals surface area contributed by atoms with Crippen molar-refractivity contribution < 1.29 is 92.0 Å². The smallest absolute Gasteiger partial charge is 0 e. The first-order chi connectivity index (χ1) is 0. The molecule has 0 rings (SSSR count). The number of hydrogen-bond acceptors (Lipinski definition) is 0. The Labute approximate surface area is 90.3 Å². The average molecular weight is 549 g/mol. The van der Waals surface area contributed by atoms with E-state index in [0.717, 1.165) is 0 Å². The van der Waals surface area contributed by atoms with Gasteiger partial charge in [-0.3, -0.25) is 0 Å². The number of rotatable bonds is 0. The Bertz CT molecular complexity index is 8.00. The van der Waals surface area contributed by atoms with Gasteiger partial charge in [0.2, 0.25) is 0 Å². The van der Waals surface area contributed by atoms with Gasteiger partial charge in [-0.25, -0.2) is 0 Å². The molecule has 0 saturated carbocycles. The predicted molar refractivity (Wildman–Crippen MR) is 0 cm³/mol. The molecule has 0 heterocycles. The maximum Gasteiger partial charge on any atom is 0 e. The fourth-order valence-electron chi connectivity index (χ4n) is 0. The van der Waals surface area contributed by atoms with Crippen molar-refractivity contribution in [1.82, 2.24) is 0 Å². The van der Waals surface area contributed by atoms with E-state index >= 15 is 0 Å². The average Bonchev–Trinajstić information content (AvgIpc) is 0. The second-order valence-electron chi connectivity index (χ2n) is 0. The van der Waals surface area contributed by atoms with E-state index in [2.05, 4.69) is 0 Å². The van der Waals surface area contributed by atoms with Crippen LogP contribution in [0.25, 0.3) is 0 Å². The Morgan fingerprint density at radius 3 is 1.00 bits per heavy atom. The number of hydrogen-bond donors (Lipinski definition) is 0. The standard InChI is InChI=1S/Nb.Ta.W.Zr. The summed E-state index contributed by atoms with van der Waals surface area (Å²) in [7, 11) is 0. The van der Waals surface area contributed by atoms with Crippen LogP contribution in [0.1, 0.15) is 0 Å². The zero-order chi connectivity index (χ0) is 0. The first kappa shape index (κ1) is 27.7. The molecule has 0 bridgehead atoms. The van der Waals surface area contributed by atoms with Crippen LogP contribution in [0.5, 0.6) is 0 Å². The summed E-state index contributed by atoms with van der Waals surface area (Å²) < 4.78 is 0. The van der Waals surface area contributed by atoms with Crippen molar-refractivity contribution in [3.8, 4) is 0 Å². The molecule has 2 radical (unpaired) electrons. The molecule has 0 aromatic carbocycles. The maximum absolute atomic E-state index is 0. The molecule has 0 saturated heterocycles. The largest absolute Gasteiger partial charge is 0 e. The maximum atomic E-state index is 0. The molecule has 0 aromatic heterocycles. The second-order valence-corrected chi connectivity index (χ2v) is 0. The van der Waals surface area contributed by atoms with Crippen LogP contribution in [0.4, 0.5) is 0 Å². The predicted octanol–water partition coefficient (Wildman–Crippen LogP) is -0.0100. The minimum atomic E-state index is 0. The van der Waals surface area contributed by atoms with Crippen molar-refractivity contribution in [3.05, 3.63) is 0 Å². The van der Waals surface area contributed by atoms with Crippen LogP contribution in [0.2, 0.25) is 0 Å². The SMILES string of the molecule is [Nb].[Ta].[W].[Zr]. The summed E-state index contributed by atoms with van der Waals surface area (Å²) in [6, 6.07) is 0. The molecule has 0 nitrogen and oxygen atoms in total. The summed E-state index contributed by atoms with van der Waals surface area (Å²) in [6.07, 6.45) is 0. The first-order valence-corrected chi connectivity index (χ1v) is 0. The summed E-state index contributed by atoms with van der Waals surface area (Å²) in [5.41, 5.74) is 0. The summed E-state index contributed by atoms with van der Waals surface area (Å²) >= 11 is 0. The quantitative estimate of drug-likeness (QED) is 0.374. The third kappa shape index (κ3) is 8.90. The Kier molecular flexibility index (Phi) is 115. The van der Waals surface area contributed by atoms with Crippen molar-refractivity contribution in [2.24, 2.45) is 0 Å². The van der Waals surface area contributed by atoms with Crippen LogP contribution in [0.15, 0.2) is 0 Å². The fraction of sp³-hybridized carbons (Fsp3) is 0. The van der Waals surface area contributed by atoms with Crippen molar-refractivity contribution in [1.29, 1.82) is 0 Å². The summed E-state index contributed by atoms with van der Waals surface area (Å²) in [4.78, 5) is 0. The zero-order valence-electron chi connectivity index (χ0n) is 1.80. The summed E-state index contributed by atoms with van der Waals surface area (Å²) in [5, 5.41) is 0. The molecule has 0 aliphatic heterocycles. The molecule has 0 aliphatic rings. The topological polar surface area (TPSA) is 0 Å². The van der Waals surface area contributed by atoms with Crippen LogP contribution in [-0.2, 0) is 92.0 Å². The molecule has 0 amide bonds.